The quantitative estimate of drug-likeness (QED) is 0.880. The summed E-state index contributed by atoms with van der Waals surface area (Å²) in [7, 11) is 0. The molecule has 0 radical (unpaired) electrons. The lowest BCUT2D eigenvalue weighted by molar-refractivity contribution is 0.251. The lowest BCUT2D eigenvalue weighted by Crippen LogP contribution is -2.28. The SMILES string of the molecule is CC(CO)NCc1sc2ccccc2c1Cl. The van der Waals surface area contributed by atoms with E-state index in [2.05, 4.69) is 11.4 Å². The van der Waals surface area contributed by atoms with Crippen LogP contribution in [0, 0.1) is 0 Å². The Balaban J connectivity index is 2.21. The van der Waals surface area contributed by atoms with Crippen molar-refractivity contribution in [2.24, 2.45) is 0 Å². The molecule has 16 heavy (non-hydrogen) atoms. The van der Waals surface area contributed by atoms with Crippen LogP contribution in [0.3, 0.4) is 0 Å². The van der Waals surface area contributed by atoms with Gasteiger partial charge in [0.05, 0.1) is 11.6 Å². The molecule has 2 N–H and O–H groups in total. The van der Waals surface area contributed by atoms with Gasteiger partial charge in [-0.15, -0.1) is 11.3 Å². The number of hydrogen-bond donors (Lipinski definition) is 2. The molecule has 0 saturated heterocycles. The zero-order valence-electron chi connectivity index (χ0n) is 9.03. The maximum atomic E-state index is 8.93. The van der Waals surface area contributed by atoms with Gasteiger partial charge in [-0.3, -0.25) is 0 Å². The number of halogens is 1. The third-order valence-electron chi connectivity index (χ3n) is 2.49. The van der Waals surface area contributed by atoms with Crippen molar-refractivity contribution in [1.29, 1.82) is 0 Å². The summed E-state index contributed by atoms with van der Waals surface area (Å²) in [6.45, 7) is 2.80. The molecule has 1 aromatic carbocycles. The number of benzene rings is 1. The third kappa shape index (κ3) is 2.38. The predicted molar refractivity (Wildman–Crippen MR) is 70.2 cm³/mol. The molecule has 1 unspecified atom stereocenters. The van der Waals surface area contributed by atoms with Crippen LogP contribution in [0.2, 0.25) is 5.02 Å². The molecule has 4 heteroatoms. The number of aliphatic hydroxyl groups is 1. The first-order chi connectivity index (χ1) is 7.72. The molecule has 0 bridgehead atoms. The van der Waals surface area contributed by atoms with Crippen LogP contribution in [-0.2, 0) is 6.54 Å². The van der Waals surface area contributed by atoms with Crippen LogP contribution in [0.15, 0.2) is 24.3 Å². The van der Waals surface area contributed by atoms with Gasteiger partial charge in [0.15, 0.2) is 0 Å². The van der Waals surface area contributed by atoms with Crippen molar-refractivity contribution < 1.29 is 5.11 Å². The van der Waals surface area contributed by atoms with Crippen LogP contribution in [0.5, 0.6) is 0 Å². The van der Waals surface area contributed by atoms with Gasteiger partial charge in [-0.25, -0.2) is 0 Å². The summed E-state index contributed by atoms with van der Waals surface area (Å²) in [6.07, 6.45) is 0. The van der Waals surface area contributed by atoms with Crippen LogP contribution >= 0.6 is 22.9 Å². The Bertz CT molecular complexity index is 483. The molecule has 0 aliphatic heterocycles. The van der Waals surface area contributed by atoms with Crippen molar-refractivity contribution in [3.05, 3.63) is 34.2 Å². The number of rotatable bonds is 4. The molecule has 0 spiro atoms. The van der Waals surface area contributed by atoms with Gasteiger partial charge in [0, 0.05) is 27.5 Å². The van der Waals surface area contributed by atoms with E-state index in [4.69, 9.17) is 16.7 Å². The minimum Gasteiger partial charge on any atom is -0.395 e. The van der Waals surface area contributed by atoms with Gasteiger partial charge in [-0.2, -0.15) is 0 Å². The van der Waals surface area contributed by atoms with Crippen LogP contribution < -0.4 is 5.32 Å². The Morgan fingerprint density at radius 3 is 2.88 bits per heavy atom. The number of thiophene rings is 1. The fourth-order valence-corrected chi connectivity index (χ4v) is 2.96. The summed E-state index contributed by atoms with van der Waals surface area (Å²) in [5.41, 5.74) is 0. The highest BCUT2D eigenvalue weighted by molar-refractivity contribution is 7.19. The summed E-state index contributed by atoms with van der Waals surface area (Å²) in [5, 5.41) is 14.1. The number of nitrogens with one attached hydrogen (secondary N) is 1. The maximum Gasteiger partial charge on any atom is 0.0636 e. The Morgan fingerprint density at radius 1 is 1.44 bits per heavy atom. The highest BCUT2D eigenvalue weighted by Crippen LogP contribution is 2.34. The molecular weight excluding hydrogens is 242 g/mol. The topological polar surface area (TPSA) is 32.3 Å². The standard InChI is InChI=1S/C12H14ClNOS/c1-8(7-15)14-6-11-12(13)9-4-2-3-5-10(9)16-11/h2-5,8,14-15H,6-7H2,1H3. The molecule has 1 heterocycles. The molecule has 0 aliphatic carbocycles. The highest BCUT2D eigenvalue weighted by atomic mass is 35.5. The van der Waals surface area contributed by atoms with Crippen LogP contribution in [0.25, 0.3) is 10.1 Å². The molecule has 0 aliphatic rings. The fraction of sp³-hybridized carbons (Fsp3) is 0.333. The van der Waals surface area contributed by atoms with Gasteiger partial charge in [-0.05, 0) is 13.0 Å². The van der Waals surface area contributed by atoms with E-state index in [0.717, 1.165) is 15.3 Å². The van der Waals surface area contributed by atoms with Gasteiger partial charge in [0.1, 0.15) is 0 Å². The van der Waals surface area contributed by atoms with Crippen LogP contribution in [0.1, 0.15) is 11.8 Å². The van der Waals surface area contributed by atoms with E-state index < -0.39 is 0 Å². The van der Waals surface area contributed by atoms with Crippen molar-refractivity contribution in [3.63, 3.8) is 0 Å². The summed E-state index contributed by atoms with van der Waals surface area (Å²) >= 11 is 7.99. The summed E-state index contributed by atoms with van der Waals surface area (Å²) in [6, 6.07) is 8.22. The predicted octanol–water partition coefficient (Wildman–Crippen LogP) is 3.03. The summed E-state index contributed by atoms with van der Waals surface area (Å²) < 4.78 is 1.21. The molecule has 2 aromatic rings. The van der Waals surface area contributed by atoms with E-state index in [-0.39, 0.29) is 12.6 Å². The monoisotopic (exact) mass is 255 g/mol. The minimum atomic E-state index is 0.0984. The average Bonchev–Trinajstić information content (AvgIpc) is 2.64. The summed E-state index contributed by atoms with van der Waals surface area (Å²) in [4.78, 5) is 1.13. The van der Waals surface area contributed by atoms with Crippen molar-refractivity contribution >= 4 is 33.0 Å². The Kier molecular flexibility index (Phi) is 3.82. The molecule has 0 fully saturated rings. The lowest BCUT2D eigenvalue weighted by atomic mass is 10.2. The normalized spacial score (nSPS) is 13.2. The second-order valence-electron chi connectivity index (χ2n) is 3.80. The molecular formula is C12H14ClNOS. The summed E-state index contributed by atoms with van der Waals surface area (Å²) in [5.74, 6) is 0. The second-order valence-corrected chi connectivity index (χ2v) is 5.31. The van der Waals surface area contributed by atoms with E-state index in [1.165, 1.54) is 4.70 Å². The minimum absolute atomic E-state index is 0.0984. The zero-order valence-corrected chi connectivity index (χ0v) is 10.6. The van der Waals surface area contributed by atoms with E-state index in [9.17, 15) is 0 Å². The largest absolute Gasteiger partial charge is 0.395 e. The highest BCUT2D eigenvalue weighted by Gasteiger charge is 2.10. The molecule has 0 saturated carbocycles. The smallest absolute Gasteiger partial charge is 0.0636 e. The van der Waals surface area contributed by atoms with E-state index in [0.29, 0.717) is 6.54 Å². The first kappa shape index (κ1) is 11.9. The van der Waals surface area contributed by atoms with Crippen molar-refractivity contribution in [1.82, 2.24) is 5.32 Å². The van der Waals surface area contributed by atoms with Gasteiger partial charge in [-0.1, -0.05) is 29.8 Å². The number of hydrogen-bond acceptors (Lipinski definition) is 3. The van der Waals surface area contributed by atoms with Crippen molar-refractivity contribution in [2.45, 2.75) is 19.5 Å². The van der Waals surface area contributed by atoms with Gasteiger partial charge in [0.2, 0.25) is 0 Å². The van der Waals surface area contributed by atoms with E-state index in [1.807, 2.05) is 25.1 Å². The van der Waals surface area contributed by atoms with Gasteiger partial charge >= 0.3 is 0 Å². The lowest BCUT2D eigenvalue weighted by Gasteiger charge is -2.09. The van der Waals surface area contributed by atoms with Crippen molar-refractivity contribution in [2.75, 3.05) is 6.61 Å². The first-order valence-corrected chi connectivity index (χ1v) is 6.42. The second kappa shape index (κ2) is 5.15. The number of aliphatic hydroxyl groups excluding tert-OH is 1. The number of fused-ring (bicyclic) bond motifs is 1. The molecule has 86 valence electrons. The third-order valence-corrected chi connectivity index (χ3v) is 4.20. The maximum absolute atomic E-state index is 8.93. The fourth-order valence-electron chi connectivity index (χ4n) is 1.51. The van der Waals surface area contributed by atoms with Gasteiger partial charge < -0.3 is 10.4 Å². The van der Waals surface area contributed by atoms with E-state index >= 15 is 0 Å². The zero-order chi connectivity index (χ0) is 11.5. The van der Waals surface area contributed by atoms with Crippen molar-refractivity contribution in [3.8, 4) is 0 Å². The Hall–Kier alpha value is -0.610. The first-order valence-electron chi connectivity index (χ1n) is 5.22. The van der Waals surface area contributed by atoms with Crippen LogP contribution in [0.4, 0.5) is 0 Å². The van der Waals surface area contributed by atoms with E-state index in [1.54, 1.807) is 11.3 Å². The van der Waals surface area contributed by atoms with Gasteiger partial charge in [0.25, 0.3) is 0 Å². The van der Waals surface area contributed by atoms with Crippen LogP contribution in [-0.4, -0.2) is 17.8 Å². The average molecular weight is 256 g/mol. The molecule has 1 atom stereocenters. The molecule has 2 rings (SSSR count). The Morgan fingerprint density at radius 2 is 2.19 bits per heavy atom. The molecule has 0 amide bonds. The Labute approximate surface area is 104 Å². The molecule has 2 nitrogen and oxygen atoms in total. The molecule has 1 aromatic heterocycles.